The summed E-state index contributed by atoms with van der Waals surface area (Å²) in [6.07, 6.45) is 6.97. The van der Waals surface area contributed by atoms with Gasteiger partial charge in [0.15, 0.2) is 0 Å². The summed E-state index contributed by atoms with van der Waals surface area (Å²) in [4.78, 5) is 12.3. The van der Waals surface area contributed by atoms with E-state index in [1.165, 1.54) is 19.3 Å². The Morgan fingerprint density at radius 1 is 1.19 bits per heavy atom. The van der Waals surface area contributed by atoms with Gasteiger partial charge in [-0.15, -0.1) is 0 Å². The van der Waals surface area contributed by atoms with E-state index in [1.807, 2.05) is 0 Å². The molecule has 120 valence electrons. The number of rotatable bonds is 5. The van der Waals surface area contributed by atoms with Crippen LogP contribution in [0.2, 0.25) is 0 Å². The van der Waals surface area contributed by atoms with Crippen molar-refractivity contribution >= 4 is 16.1 Å². The fourth-order valence-electron chi connectivity index (χ4n) is 5.06. The van der Waals surface area contributed by atoms with Crippen LogP contribution in [-0.4, -0.2) is 30.3 Å². The number of carbonyl (C=O) groups excluding carboxylic acids is 1. The maximum absolute atomic E-state index is 12.3. The highest BCUT2D eigenvalue weighted by atomic mass is 32.2. The number of esters is 1. The van der Waals surface area contributed by atoms with Crippen molar-refractivity contribution in [3.8, 4) is 0 Å². The lowest BCUT2D eigenvalue weighted by Gasteiger charge is -2.55. The molecule has 0 amide bonds. The van der Waals surface area contributed by atoms with Crippen molar-refractivity contribution in [2.45, 2.75) is 57.5 Å². The Morgan fingerprint density at radius 2 is 1.67 bits per heavy atom. The zero-order valence-corrected chi connectivity index (χ0v) is 13.3. The van der Waals surface area contributed by atoms with Gasteiger partial charge in [-0.2, -0.15) is 8.42 Å². The van der Waals surface area contributed by atoms with Gasteiger partial charge < -0.3 is 4.74 Å². The van der Waals surface area contributed by atoms with Crippen molar-refractivity contribution < 1.29 is 22.5 Å². The molecule has 1 unspecified atom stereocenters. The second-order valence-electron chi connectivity index (χ2n) is 7.38. The van der Waals surface area contributed by atoms with Crippen LogP contribution in [-0.2, 0) is 19.6 Å². The minimum atomic E-state index is -4.15. The van der Waals surface area contributed by atoms with Crippen LogP contribution >= 0.6 is 0 Å². The van der Waals surface area contributed by atoms with Gasteiger partial charge >= 0.3 is 5.97 Å². The van der Waals surface area contributed by atoms with Gasteiger partial charge in [0, 0.05) is 0 Å². The molecule has 0 aliphatic heterocycles. The van der Waals surface area contributed by atoms with Crippen LogP contribution < -0.4 is 0 Å². The lowest BCUT2D eigenvalue weighted by atomic mass is 9.54. The molecule has 4 aliphatic rings. The van der Waals surface area contributed by atoms with Crippen molar-refractivity contribution in [1.29, 1.82) is 0 Å². The molecule has 0 aromatic rings. The second-order valence-corrected chi connectivity index (χ2v) is 8.87. The Kier molecular flexibility index (Phi) is 3.81. The molecule has 0 aromatic carbocycles. The second kappa shape index (κ2) is 5.23. The van der Waals surface area contributed by atoms with E-state index in [0.29, 0.717) is 24.2 Å². The zero-order chi connectivity index (χ0) is 15.3. The van der Waals surface area contributed by atoms with E-state index in [4.69, 9.17) is 9.29 Å². The lowest BCUT2D eigenvalue weighted by molar-refractivity contribution is -0.190. The first-order valence-corrected chi connectivity index (χ1v) is 9.57. The van der Waals surface area contributed by atoms with E-state index >= 15 is 0 Å². The molecule has 4 aliphatic carbocycles. The topological polar surface area (TPSA) is 80.7 Å². The smallest absolute Gasteiger partial charge is 0.310 e. The summed E-state index contributed by atoms with van der Waals surface area (Å²) in [7, 11) is -4.15. The van der Waals surface area contributed by atoms with Gasteiger partial charge in [-0.05, 0) is 62.7 Å². The Morgan fingerprint density at radius 3 is 2.05 bits per heavy atom. The molecule has 6 heteroatoms. The predicted octanol–water partition coefficient (Wildman–Crippen LogP) is 2.41. The third kappa shape index (κ3) is 3.26. The standard InChI is InChI=1S/C15H24O5S/c1-2-13(9-21(17,18)19)14(16)20-15-6-10-3-11(7-15)5-12(4-10)8-15/h10-13H,2-9H2,1H3,(H,17,18,19). The van der Waals surface area contributed by atoms with Crippen molar-refractivity contribution in [2.75, 3.05) is 5.75 Å². The van der Waals surface area contributed by atoms with Gasteiger partial charge in [0.05, 0.1) is 11.7 Å². The normalized spacial score (nSPS) is 39.2. The first-order valence-electron chi connectivity index (χ1n) is 7.96. The Balaban J connectivity index is 1.69. The maximum atomic E-state index is 12.3. The molecule has 4 bridgehead atoms. The van der Waals surface area contributed by atoms with Crippen molar-refractivity contribution in [3.05, 3.63) is 0 Å². The molecular weight excluding hydrogens is 292 g/mol. The molecule has 0 saturated heterocycles. The summed E-state index contributed by atoms with van der Waals surface area (Å²) in [5.74, 6) is 0.279. The van der Waals surface area contributed by atoms with Gasteiger partial charge in [-0.3, -0.25) is 9.35 Å². The molecule has 4 rings (SSSR count). The van der Waals surface area contributed by atoms with Crippen LogP contribution in [0.25, 0.3) is 0 Å². The molecular formula is C15H24O5S. The molecule has 1 atom stereocenters. The number of carbonyl (C=O) groups is 1. The van der Waals surface area contributed by atoms with E-state index < -0.39 is 27.8 Å². The van der Waals surface area contributed by atoms with E-state index in [0.717, 1.165) is 19.3 Å². The fraction of sp³-hybridized carbons (Fsp3) is 0.933. The van der Waals surface area contributed by atoms with Gasteiger partial charge in [-0.25, -0.2) is 0 Å². The summed E-state index contributed by atoms with van der Waals surface area (Å²) in [5.41, 5.74) is -0.349. The van der Waals surface area contributed by atoms with Crippen molar-refractivity contribution in [1.82, 2.24) is 0 Å². The third-order valence-electron chi connectivity index (χ3n) is 5.54. The van der Waals surface area contributed by atoms with Gasteiger partial charge in [0.1, 0.15) is 5.60 Å². The largest absolute Gasteiger partial charge is 0.459 e. The van der Waals surface area contributed by atoms with Crippen LogP contribution in [0.1, 0.15) is 51.9 Å². The van der Waals surface area contributed by atoms with Crippen LogP contribution in [0.15, 0.2) is 0 Å². The number of ether oxygens (including phenoxy) is 1. The van der Waals surface area contributed by atoms with E-state index in [1.54, 1.807) is 6.92 Å². The van der Waals surface area contributed by atoms with Gasteiger partial charge in [-0.1, -0.05) is 6.92 Å². The Hall–Kier alpha value is -0.620. The zero-order valence-electron chi connectivity index (χ0n) is 12.5. The Bertz CT molecular complexity index is 489. The molecule has 1 N–H and O–H groups in total. The quantitative estimate of drug-likeness (QED) is 0.622. The molecule has 4 fully saturated rings. The van der Waals surface area contributed by atoms with Crippen molar-refractivity contribution in [2.24, 2.45) is 23.7 Å². The fourth-order valence-corrected chi connectivity index (χ4v) is 5.94. The highest BCUT2D eigenvalue weighted by Crippen LogP contribution is 2.57. The average molecular weight is 316 g/mol. The maximum Gasteiger partial charge on any atom is 0.310 e. The van der Waals surface area contributed by atoms with Crippen LogP contribution in [0.3, 0.4) is 0 Å². The van der Waals surface area contributed by atoms with Crippen LogP contribution in [0.5, 0.6) is 0 Å². The number of hydrogen-bond acceptors (Lipinski definition) is 4. The highest BCUT2D eigenvalue weighted by molar-refractivity contribution is 7.85. The average Bonchev–Trinajstić information content (AvgIpc) is 2.32. The first-order chi connectivity index (χ1) is 9.78. The summed E-state index contributed by atoms with van der Waals surface area (Å²) in [6.45, 7) is 1.75. The van der Waals surface area contributed by atoms with Gasteiger partial charge in [0.2, 0.25) is 0 Å². The minimum Gasteiger partial charge on any atom is -0.459 e. The summed E-state index contributed by atoms with van der Waals surface area (Å²) >= 11 is 0. The van der Waals surface area contributed by atoms with Crippen LogP contribution in [0.4, 0.5) is 0 Å². The number of hydrogen-bond donors (Lipinski definition) is 1. The SMILES string of the molecule is CCC(CS(=O)(=O)O)C(=O)OC12CC3CC(CC(C3)C1)C2. The molecule has 4 saturated carbocycles. The molecule has 0 radical (unpaired) electrons. The molecule has 0 aromatic heterocycles. The summed E-state index contributed by atoms with van der Waals surface area (Å²) in [5, 5.41) is 0. The third-order valence-corrected chi connectivity index (χ3v) is 6.36. The molecule has 5 nitrogen and oxygen atoms in total. The van der Waals surface area contributed by atoms with E-state index in [9.17, 15) is 13.2 Å². The lowest BCUT2D eigenvalue weighted by Crippen LogP contribution is -2.53. The predicted molar refractivity (Wildman–Crippen MR) is 77.2 cm³/mol. The Labute approximate surface area is 126 Å². The summed E-state index contributed by atoms with van der Waals surface area (Å²) in [6, 6.07) is 0. The monoisotopic (exact) mass is 316 g/mol. The van der Waals surface area contributed by atoms with E-state index in [2.05, 4.69) is 0 Å². The highest BCUT2D eigenvalue weighted by Gasteiger charge is 2.53. The first kappa shape index (κ1) is 15.3. The summed E-state index contributed by atoms with van der Waals surface area (Å²) < 4.78 is 36.8. The molecule has 21 heavy (non-hydrogen) atoms. The van der Waals surface area contributed by atoms with Crippen molar-refractivity contribution in [3.63, 3.8) is 0 Å². The van der Waals surface area contributed by atoms with Gasteiger partial charge in [0.25, 0.3) is 10.1 Å². The van der Waals surface area contributed by atoms with E-state index in [-0.39, 0.29) is 5.60 Å². The molecule has 0 heterocycles. The molecule has 0 spiro atoms. The van der Waals surface area contributed by atoms with Crippen LogP contribution in [0, 0.1) is 23.7 Å². The minimum absolute atomic E-state index is 0.349.